The van der Waals surface area contributed by atoms with Gasteiger partial charge in [-0.25, -0.2) is 0 Å². The molecule has 0 aromatic carbocycles. The molecular weight excluding hydrogens is 158 g/mol. The lowest BCUT2D eigenvalue weighted by molar-refractivity contribution is -0.136. The van der Waals surface area contributed by atoms with Gasteiger partial charge in [-0.3, -0.25) is 9.79 Å². The summed E-state index contributed by atoms with van der Waals surface area (Å²) in [6, 6.07) is 0. The predicted molar refractivity (Wildman–Crippen MR) is 40.2 cm³/mol. The Morgan fingerprint density at radius 2 is 2.00 bits per heavy atom. The van der Waals surface area contributed by atoms with Gasteiger partial charge in [0.05, 0.1) is 13.0 Å². The van der Waals surface area contributed by atoms with Crippen molar-refractivity contribution >= 4 is 24.3 Å². The highest BCUT2D eigenvalue weighted by molar-refractivity contribution is 5.85. The van der Waals surface area contributed by atoms with E-state index in [1.165, 1.54) is 0 Å². The topological polar surface area (TPSA) is 102 Å². The van der Waals surface area contributed by atoms with Crippen molar-refractivity contribution in [2.75, 3.05) is 6.54 Å². The second kappa shape index (κ2) is 6.15. The van der Waals surface area contributed by atoms with Crippen LogP contribution in [0.1, 0.15) is 6.42 Å². The van der Waals surface area contributed by atoms with Gasteiger partial charge in [-0.1, -0.05) is 0 Å². The van der Waals surface area contributed by atoms with Crippen molar-refractivity contribution in [3.8, 4) is 0 Å². The maximum absolute atomic E-state index is 9.83. The normalized spacial score (nSPS) is 7.60. The molecule has 0 aliphatic heterocycles. The summed E-state index contributed by atoms with van der Waals surface area (Å²) in [6.07, 6.45) is -0.0299. The van der Waals surface area contributed by atoms with Crippen molar-refractivity contribution in [2.45, 2.75) is 6.42 Å². The van der Waals surface area contributed by atoms with Crippen LogP contribution in [0.25, 0.3) is 0 Å². The molecule has 10 heavy (non-hydrogen) atoms. The Morgan fingerprint density at radius 3 is 2.30 bits per heavy atom. The second-order valence-corrected chi connectivity index (χ2v) is 1.45. The molecule has 5 N–H and O–H groups in total. The van der Waals surface area contributed by atoms with Crippen molar-refractivity contribution in [2.24, 2.45) is 16.5 Å². The summed E-state index contributed by atoms with van der Waals surface area (Å²) in [6.45, 7) is 0.150. The molecule has 0 aliphatic rings. The molecule has 0 saturated heterocycles. The van der Waals surface area contributed by atoms with Crippen molar-refractivity contribution in [3.05, 3.63) is 0 Å². The molecule has 60 valence electrons. The summed E-state index contributed by atoms with van der Waals surface area (Å²) in [7, 11) is 0. The third-order valence-electron chi connectivity index (χ3n) is 0.620. The summed E-state index contributed by atoms with van der Waals surface area (Å²) in [5.41, 5.74) is 9.83. The molecule has 0 bridgehead atoms. The van der Waals surface area contributed by atoms with Crippen molar-refractivity contribution < 1.29 is 9.90 Å². The highest BCUT2D eigenvalue weighted by atomic mass is 35.5. The van der Waals surface area contributed by atoms with Gasteiger partial charge in [-0.15, -0.1) is 12.4 Å². The lowest BCUT2D eigenvalue weighted by atomic mass is 10.4. The Kier molecular flexibility index (Phi) is 7.25. The zero-order valence-corrected chi connectivity index (χ0v) is 6.10. The van der Waals surface area contributed by atoms with E-state index in [0.29, 0.717) is 0 Å². The Labute approximate surface area is 64.5 Å². The number of rotatable bonds is 3. The summed E-state index contributed by atoms with van der Waals surface area (Å²) >= 11 is 0. The van der Waals surface area contributed by atoms with Crippen LogP contribution in [-0.4, -0.2) is 23.6 Å². The van der Waals surface area contributed by atoms with E-state index >= 15 is 0 Å². The monoisotopic (exact) mass is 167 g/mol. The van der Waals surface area contributed by atoms with Crippen LogP contribution in [0.5, 0.6) is 0 Å². The average molecular weight is 168 g/mol. The van der Waals surface area contributed by atoms with E-state index in [-0.39, 0.29) is 31.3 Å². The SMILES string of the molecule is Cl.NC(N)=NCCC(=O)O. The van der Waals surface area contributed by atoms with Crippen LogP contribution in [-0.2, 0) is 4.79 Å². The Hall–Kier alpha value is -0.970. The first-order chi connectivity index (χ1) is 4.13. The molecule has 0 saturated carbocycles. The number of carbonyl (C=O) groups is 1. The van der Waals surface area contributed by atoms with Gasteiger partial charge < -0.3 is 16.6 Å². The number of carboxylic acid groups (broad SMARTS) is 1. The Bertz CT molecular complexity index is 132. The molecule has 0 aromatic heterocycles. The zero-order chi connectivity index (χ0) is 7.28. The second-order valence-electron chi connectivity index (χ2n) is 1.45. The van der Waals surface area contributed by atoms with E-state index in [2.05, 4.69) is 4.99 Å². The molecule has 6 heteroatoms. The summed E-state index contributed by atoms with van der Waals surface area (Å²) in [4.78, 5) is 13.3. The van der Waals surface area contributed by atoms with Gasteiger partial charge in [0.25, 0.3) is 0 Å². The van der Waals surface area contributed by atoms with Crippen molar-refractivity contribution in [1.82, 2.24) is 0 Å². The first kappa shape index (κ1) is 11.8. The van der Waals surface area contributed by atoms with Crippen LogP contribution in [0, 0.1) is 0 Å². The molecule has 0 amide bonds. The lowest BCUT2D eigenvalue weighted by Gasteiger charge is -1.89. The van der Waals surface area contributed by atoms with Crippen LogP contribution in [0.4, 0.5) is 0 Å². The quantitative estimate of drug-likeness (QED) is 0.377. The minimum absolute atomic E-state index is 0. The smallest absolute Gasteiger partial charge is 0.305 e. The fourth-order valence-electron chi connectivity index (χ4n) is 0.281. The number of hydrogen-bond donors (Lipinski definition) is 3. The van der Waals surface area contributed by atoms with Gasteiger partial charge in [0.1, 0.15) is 0 Å². The zero-order valence-electron chi connectivity index (χ0n) is 5.28. The minimum Gasteiger partial charge on any atom is -0.481 e. The largest absolute Gasteiger partial charge is 0.481 e. The molecule has 5 nitrogen and oxygen atoms in total. The molecule has 0 aliphatic carbocycles. The number of halogens is 1. The van der Waals surface area contributed by atoms with Crippen LogP contribution < -0.4 is 11.5 Å². The van der Waals surface area contributed by atoms with Gasteiger partial charge in [0, 0.05) is 0 Å². The van der Waals surface area contributed by atoms with E-state index in [4.69, 9.17) is 16.6 Å². The van der Waals surface area contributed by atoms with Crippen LogP contribution >= 0.6 is 12.4 Å². The molecule has 0 atom stereocenters. The number of aliphatic carboxylic acids is 1. The molecule has 0 heterocycles. The van der Waals surface area contributed by atoms with Gasteiger partial charge in [-0.2, -0.15) is 0 Å². The highest BCUT2D eigenvalue weighted by Crippen LogP contribution is 1.78. The van der Waals surface area contributed by atoms with Gasteiger partial charge in [0.2, 0.25) is 0 Å². The van der Waals surface area contributed by atoms with Gasteiger partial charge in [0.15, 0.2) is 5.96 Å². The first-order valence-electron chi connectivity index (χ1n) is 2.40. The number of nitrogens with zero attached hydrogens (tertiary/aromatic N) is 1. The van der Waals surface area contributed by atoms with Crippen LogP contribution in [0.15, 0.2) is 4.99 Å². The van der Waals surface area contributed by atoms with Crippen molar-refractivity contribution in [1.29, 1.82) is 0 Å². The molecule has 0 unspecified atom stereocenters. The Balaban J connectivity index is 0. The molecule has 0 aromatic rings. The molecule has 0 rings (SSSR count). The number of guanidine groups is 1. The number of nitrogens with two attached hydrogens (primary N) is 2. The summed E-state index contributed by atoms with van der Waals surface area (Å²) < 4.78 is 0. The van der Waals surface area contributed by atoms with E-state index < -0.39 is 5.97 Å². The van der Waals surface area contributed by atoms with Crippen LogP contribution in [0.3, 0.4) is 0 Å². The third-order valence-corrected chi connectivity index (χ3v) is 0.620. The summed E-state index contributed by atoms with van der Waals surface area (Å²) in [5.74, 6) is -0.976. The Morgan fingerprint density at radius 1 is 1.50 bits per heavy atom. The van der Waals surface area contributed by atoms with Gasteiger partial charge >= 0.3 is 5.97 Å². The predicted octanol–water partition coefficient (Wildman–Crippen LogP) is -0.844. The van der Waals surface area contributed by atoms with E-state index in [9.17, 15) is 4.79 Å². The van der Waals surface area contributed by atoms with Crippen molar-refractivity contribution in [3.63, 3.8) is 0 Å². The summed E-state index contributed by atoms with van der Waals surface area (Å²) in [5, 5.41) is 8.08. The highest BCUT2D eigenvalue weighted by Gasteiger charge is 1.92. The maximum atomic E-state index is 9.83. The number of carboxylic acids is 1. The van der Waals surface area contributed by atoms with E-state index in [1.807, 2.05) is 0 Å². The molecule has 0 radical (unpaired) electrons. The average Bonchev–Trinajstić information content (AvgIpc) is 1.63. The third kappa shape index (κ3) is 10.1. The van der Waals surface area contributed by atoms with E-state index in [0.717, 1.165) is 0 Å². The molecule has 0 fully saturated rings. The van der Waals surface area contributed by atoms with Crippen LogP contribution in [0.2, 0.25) is 0 Å². The fraction of sp³-hybridized carbons (Fsp3) is 0.500. The first-order valence-corrected chi connectivity index (χ1v) is 2.40. The number of aliphatic imine (C=N–C) groups is 1. The van der Waals surface area contributed by atoms with Gasteiger partial charge in [-0.05, 0) is 0 Å². The standard InChI is InChI=1S/C4H9N3O2.ClH/c5-4(6)7-2-1-3(8)9;/h1-2H2,(H,8,9)(H4,5,6,7);1H. The fourth-order valence-corrected chi connectivity index (χ4v) is 0.281. The lowest BCUT2D eigenvalue weighted by Crippen LogP contribution is -2.23. The molecular formula is C4H10ClN3O2. The maximum Gasteiger partial charge on any atom is 0.305 e. The minimum atomic E-state index is -0.903. The molecule has 0 spiro atoms. The number of hydrogen-bond acceptors (Lipinski definition) is 2. The van der Waals surface area contributed by atoms with E-state index in [1.54, 1.807) is 0 Å².